The van der Waals surface area contributed by atoms with Crippen LogP contribution in [0.25, 0.3) is 10.9 Å². The summed E-state index contributed by atoms with van der Waals surface area (Å²) in [6, 6.07) is 10.7. The normalized spacial score (nSPS) is 14.3. The second-order valence-electron chi connectivity index (χ2n) is 6.34. The fourth-order valence-corrected chi connectivity index (χ4v) is 3.49. The van der Waals surface area contributed by atoms with E-state index in [1.165, 1.54) is 19.1 Å². The second kappa shape index (κ2) is 6.89. The fourth-order valence-electron chi connectivity index (χ4n) is 3.16. The summed E-state index contributed by atoms with van der Waals surface area (Å²) in [5.74, 6) is -1.68. The molecule has 140 valence electrons. The van der Waals surface area contributed by atoms with Crippen molar-refractivity contribution in [1.29, 1.82) is 0 Å². The van der Waals surface area contributed by atoms with Crippen molar-refractivity contribution in [3.8, 4) is 0 Å². The van der Waals surface area contributed by atoms with Crippen LogP contribution in [0.1, 0.15) is 27.6 Å². The van der Waals surface area contributed by atoms with E-state index in [1.807, 2.05) is 12.1 Å². The van der Waals surface area contributed by atoms with Crippen LogP contribution in [0.3, 0.4) is 0 Å². The van der Waals surface area contributed by atoms with Gasteiger partial charge in [0.1, 0.15) is 6.04 Å². The summed E-state index contributed by atoms with van der Waals surface area (Å²) in [6.45, 7) is 1.48. The van der Waals surface area contributed by atoms with Crippen molar-refractivity contribution in [3.63, 3.8) is 0 Å². The number of carbonyl (C=O) groups excluding carboxylic acids is 3. The lowest BCUT2D eigenvalue weighted by Crippen LogP contribution is -2.45. The number of rotatable bonds is 3. The van der Waals surface area contributed by atoms with E-state index in [0.717, 1.165) is 10.3 Å². The molecule has 1 N–H and O–H groups in total. The minimum Gasteiger partial charge on any atom is -0.322 e. The number of hydrogen-bond acceptors (Lipinski definition) is 4. The third kappa shape index (κ3) is 2.91. The SMILES string of the molecule is CC(C(=O)Nc1cccc2cccnc12)N1C(=O)c2cc(Cl)c(Cl)cc2C1=O. The van der Waals surface area contributed by atoms with E-state index in [9.17, 15) is 14.4 Å². The zero-order valence-corrected chi connectivity index (χ0v) is 16.1. The van der Waals surface area contributed by atoms with E-state index in [0.29, 0.717) is 11.2 Å². The van der Waals surface area contributed by atoms with Gasteiger partial charge in [-0.1, -0.05) is 41.4 Å². The Morgan fingerprint density at radius 3 is 2.29 bits per heavy atom. The standard InChI is InChI=1S/C20H13Cl2N3O3/c1-10(18(26)24-16-6-2-4-11-5-3-7-23-17(11)16)25-19(27)12-8-14(21)15(22)9-13(12)20(25)28/h2-10H,1H3,(H,24,26). The lowest BCUT2D eigenvalue weighted by Gasteiger charge is -2.22. The number of anilines is 1. The first-order valence-corrected chi connectivity index (χ1v) is 9.15. The molecule has 6 nitrogen and oxygen atoms in total. The zero-order chi connectivity index (χ0) is 20.0. The predicted octanol–water partition coefficient (Wildman–Crippen LogP) is 4.16. The molecule has 28 heavy (non-hydrogen) atoms. The van der Waals surface area contributed by atoms with Crippen molar-refractivity contribution in [2.24, 2.45) is 0 Å². The summed E-state index contributed by atoms with van der Waals surface area (Å²) in [4.78, 5) is 43.4. The Balaban J connectivity index is 1.62. The van der Waals surface area contributed by atoms with Gasteiger partial charge in [-0.05, 0) is 31.2 Å². The molecule has 1 aliphatic rings. The molecule has 1 unspecified atom stereocenters. The number of imide groups is 1. The lowest BCUT2D eigenvalue weighted by atomic mass is 10.1. The Morgan fingerprint density at radius 2 is 1.64 bits per heavy atom. The van der Waals surface area contributed by atoms with Crippen LogP contribution >= 0.6 is 23.2 Å². The minimum atomic E-state index is -1.04. The van der Waals surface area contributed by atoms with Crippen LogP contribution in [0.4, 0.5) is 5.69 Å². The van der Waals surface area contributed by atoms with E-state index in [2.05, 4.69) is 10.3 Å². The number of halogens is 2. The molecule has 8 heteroatoms. The van der Waals surface area contributed by atoms with Crippen LogP contribution in [-0.4, -0.2) is 33.6 Å². The molecule has 0 radical (unpaired) electrons. The van der Waals surface area contributed by atoms with Gasteiger partial charge in [0.05, 0.1) is 32.4 Å². The number of fused-ring (bicyclic) bond motifs is 2. The van der Waals surface area contributed by atoms with Crippen molar-refractivity contribution in [3.05, 3.63) is 69.8 Å². The smallest absolute Gasteiger partial charge is 0.262 e. The summed E-state index contributed by atoms with van der Waals surface area (Å²) in [5.41, 5.74) is 1.38. The molecule has 1 aromatic heterocycles. The van der Waals surface area contributed by atoms with Crippen molar-refractivity contribution in [1.82, 2.24) is 9.88 Å². The average molecular weight is 414 g/mol. The van der Waals surface area contributed by atoms with Crippen molar-refractivity contribution in [2.75, 3.05) is 5.32 Å². The molecule has 1 atom stereocenters. The number of carbonyl (C=O) groups is 3. The third-order valence-electron chi connectivity index (χ3n) is 4.62. The molecule has 0 aliphatic carbocycles. The van der Waals surface area contributed by atoms with Crippen LogP contribution in [-0.2, 0) is 4.79 Å². The molecule has 2 aromatic carbocycles. The van der Waals surface area contributed by atoms with Crippen LogP contribution in [0.2, 0.25) is 10.0 Å². The number of aromatic nitrogens is 1. The van der Waals surface area contributed by atoms with Gasteiger partial charge in [0.25, 0.3) is 11.8 Å². The summed E-state index contributed by atoms with van der Waals surface area (Å²) in [7, 11) is 0. The highest BCUT2D eigenvalue weighted by atomic mass is 35.5. The maximum Gasteiger partial charge on any atom is 0.262 e. The first-order chi connectivity index (χ1) is 13.4. The Hall–Kier alpha value is -2.96. The molecule has 3 aromatic rings. The number of hydrogen-bond donors (Lipinski definition) is 1. The van der Waals surface area contributed by atoms with Crippen LogP contribution in [0.5, 0.6) is 0 Å². The molecule has 0 saturated heterocycles. The Morgan fingerprint density at radius 1 is 1.04 bits per heavy atom. The van der Waals surface area contributed by atoms with Gasteiger partial charge in [0, 0.05) is 11.6 Å². The van der Waals surface area contributed by atoms with E-state index in [4.69, 9.17) is 23.2 Å². The maximum absolute atomic E-state index is 12.8. The van der Waals surface area contributed by atoms with Gasteiger partial charge in [0.2, 0.25) is 5.91 Å². The molecule has 2 heterocycles. The number of amides is 3. The van der Waals surface area contributed by atoms with E-state index >= 15 is 0 Å². The maximum atomic E-state index is 12.8. The molecule has 4 rings (SSSR count). The van der Waals surface area contributed by atoms with Gasteiger partial charge < -0.3 is 5.32 Å². The van der Waals surface area contributed by atoms with E-state index in [1.54, 1.807) is 24.4 Å². The topological polar surface area (TPSA) is 79.4 Å². The predicted molar refractivity (Wildman–Crippen MR) is 107 cm³/mol. The van der Waals surface area contributed by atoms with E-state index in [-0.39, 0.29) is 21.2 Å². The van der Waals surface area contributed by atoms with Crippen molar-refractivity contribution >= 4 is 57.5 Å². The third-order valence-corrected chi connectivity index (χ3v) is 5.34. The fraction of sp³-hybridized carbons (Fsp3) is 0.100. The van der Waals surface area contributed by atoms with Crippen LogP contribution in [0, 0.1) is 0 Å². The number of nitrogens with zero attached hydrogens (tertiary/aromatic N) is 2. The number of pyridine rings is 1. The molecule has 0 saturated carbocycles. The van der Waals surface area contributed by atoms with Gasteiger partial charge in [0.15, 0.2) is 0 Å². The summed E-state index contributed by atoms with van der Waals surface area (Å²) in [6.07, 6.45) is 1.62. The molecular weight excluding hydrogens is 401 g/mol. The molecule has 0 fully saturated rings. The molecule has 0 bridgehead atoms. The quantitative estimate of drug-likeness (QED) is 0.653. The van der Waals surface area contributed by atoms with Gasteiger partial charge in [-0.15, -0.1) is 0 Å². The lowest BCUT2D eigenvalue weighted by molar-refractivity contribution is -0.119. The molecule has 3 amide bonds. The first-order valence-electron chi connectivity index (χ1n) is 8.40. The highest BCUT2D eigenvalue weighted by Gasteiger charge is 2.41. The number of benzene rings is 2. The number of para-hydroxylation sites is 1. The summed E-state index contributed by atoms with van der Waals surface area (Å²) in [5, 5.41) is 3.95. The Kier molecular flexibility index (Phi) is 4.53. The van der Waals surface area contributed by atoms with E-state index < -0.39 is 23.8 Å². The van der Waals surface area contributed by atoms with Gasteiger partial charge >= 0.3 is 0 Å². The van der Waals surface area contributed by atoms with Gasteiger partial charge in [-0.2, -0.15) is 0 Å². The van der Waals surface area contributed by atoms with Gasteiger partial charge in [-0.3, -0.25) is 24.3 Å². The van der Waals surface area contributed by atoms with Crippen LogP contribution < -0.4 is 5.32 Å². The second-order valence-corrected chi connectivity index (χ2v) is 7.15. The largest absolute Gasteiger partial charge is 0.322 e. The summed E-state index contributed by atoms with van der Waals surface area (Å²) >= 11 is 11.9. The van der Waals surface area contributed by atoms with Crippen molar-refractivity contribution < 1.29 is 14.4 Å². The minimum absolute atomic E-state index is 0.130. The highest BCUT2D eigenvalue weighted by molar-refractivity contribution is 6.43. The van der Waals surface area contributed by atoms with Crippen LogP contribution in [0.15, 0.2) is 48.7 Å². The monoisotopic (exact) mass is 413 g/mol. The molecular formula is C20H13Cl2N3O3. The zero-order valence-electron chi connectivity index (χ0n) is 14.6. The average Bonchev–Trinajstić information content (AvgIpc) is 2.92. The van der Waals surface area contributed by atoms with Crippen molar-refractivity contribution in [2.45, 2.75) is 13.0 Å². The van der Waals surface area contributed by atoms with Gasteiger partial charge in [-0.25, -0.2) is 0 Å². The molecule has 1 aliphatic heterocycles. The number of nitrogens with one attached hydrogen (secondary N) is 1. The Bertz CT molecular complexity index is 1120. The summed E-state index contributed by atoms with van der Waals surface area (Å²) < 4.78 is 0. The molecule has 0 spiro atoms. The Labute approximate surface area is 170 Å². The first kappa shape index (κ1) is 18.4. The highest BCUT2D eigenvalue weighted by Crippen LogP contribution is 2.32.